The highest BCUT2D eigenvalue weighted by Crippen LogP contribution is 2.77. The number of carbonyl (C=O) groups is 3. The van der Waals surface area contributed by atoms with Crippen LogP contribution in [-0.2, 0) is 14.4 Å². The number of amides is 1. The molecule has 5 nitrogen and oxygen atoms in total. The molecule has 5 aliphatic rings. The van der Waals surface area contributed by atoms with Crippen LogP contribution in [-0.4, -0.2) is 29.3 Å². The molecule has 5 saturated carbocycles. The molecule has 0 aromatic heterocycles. The van der Waals surface area contributed by atoms with Crippen LogP contribution in [0.4, 0.5) is 0 Å². The molecule has 0 radical (unpaired) electrons. The monoisotopic (exact) mass is 638 g/mol. The van der Waals surface area contributed by atoms with Crippen LogP contribution in [0.5, 0.6) is 0 Å². The molecule has 0 spiro atoms. The second-order valence-electron chi connectivity index (χ2n) is 18.2. The third-order valence-corrected chi connectivity index (χ3v) is 15.9. The molecule has 5 fully saturated rings. The topological polar surface area (TPSA) is 83.5 Å². The number of fused-ring (bicyclic) bond motifs is 7. The molecule has 0 aliphatic heterocycles. The van der Waals surface area contributed by atoms with Gasteiger partial charge in [0.1, 0.15) is 5.78 Å². The van der Waals surface area contributed by atoms with Gasteiger partial charge in [0.15, 0.2) is 0 Å². The molecule has 0 saturated heterocycles. The normalized spacial score (nSPS) is 41.1. The maximum atomic E-state index is 14.3. The van der Waals surface area contributed by atoms with Crippen LogP contribution < -0.4 is 5.32 Å². The van der Waals surface area contributed by atoms with Crippen molar-refractivity contribution in [3.8, 4) is 0 Å². The Hall–Kier alpha value is -1.65. The van der Waals surface area contributed by atoms with E-state index in [4.69, 9.17) is 5.11 Å². The lowest BCUT2D eigenvalue weighted by Gasteiger charge is -2.72. The highest BCUT2D eigenvalue weighted by atomic mass is 16.4. The van der Waals surface area contributed by atoms with Crippen molar-refractivity contribution in [3.63, 3.8) is 0 Å². The smallest absolute Gasteiger partial charge is 0.303 e. The summed E-state index contributed by atoms with van der Waals surface area (Å²) in [5.41, 5.74) is 1.46. The standard InChI is InChI=1S/C41H67NO4/c1-28(2)29-19-24-41(36(46)42-27-15-13-11-9-8-10-12-14-16-34(44)45)26-25-39(6)30(35(29)41)17-18-32-38(5)22-21-33(43)37(3,4)31(38)20-23-40(32,39)7/h29-32,35H,1,8-27H2,2-7H3,(H,42,46)(H,44,45)/t29-,30+,31-,32?,35+,38-,39+,40+,41-/m0/s1. The fourth-order valence-electron chi connectivity index (χ4n) is 13.2. The summed E-state index contributed by atoms with van der Waals surface area (Å²) in [4.78, 5) is 38.1. The van der Waals surface area contributed by atoms with Crippen molar-refractivity contribution >= 4 is 17.7 Å². The summed E-state index contributed by atoms with van der Waals surface area (Å²) >= 11 is 0. The van der Waals surface area contributed by atoms with E-state index in [1.807, 2.05) is 0 Å². The van der Waals surface area contributed by atoms with E-state index in [0.717, 1.165) is 83.6 Å². The highest BCUT2D eigenvalue weighted by molar-refractivity contribution is 5.85. The van der Waals surface area contributed by atoms with Gasteiger partial charge in [-0.2, -0.15) is 0 Å². The first-order valence-corrected chi connectivity index (χ1v) is 19.3. The summed E-state index contributed by atoms with van der Waals surface area (Å²) in [5, 5.41) is 12.3. The predicted molar refractivity (Wildman–Crippen MR) is 186 cm³/mol. The Bertz CT molecular complexity index is 1170. The predicted octanol–water partition coefficient (Wildman–Crippen LogP) is 9.92. The van der Waals surface area contributed by atoms with Crippen molar-refractivity contribution in [1.29, 1.82) is 0 Å². The summed E-state index contributed by atoms with van der Waals surface area (Å²) in [6, 6.07) is 0. The van der Waals surface area contributed by atoms with Crippen molar-refractivity contribution in [3.05, 3.63) is 12.2 Å². The Morgan fingerprint density at radius 3 is 2.09 bits per heavy atom. The molecule has 5 heteroatoms. The molecule has 46 heavy (non-hydrogen) atoms. The van der Waals surface area contributed by atoms with Crippen LogP contribution >= 0.6 is 0 Å². The molecule has 1 amide bonds. The molecule has 9 atom stereocenters. The Kier molecular flexibility index (Phi) is 10.3. The molecule has 0 bridgehead atoms. The first-order valence-electron chi connectivity index (χ1n) is 19.3. The van der Waals surface area contributed by atoms with Crippen molar-refractivity contribution in [1.82, 2.24) is 5.32 Å². The number of carbonyl (C=O) groups excluding carboxylic acids is 2. The lowest BCUT2D eigenvalue weighted by Crippen LogP contribution is -2.67. The number of allylic oxidation sites excluding steroid dienone is 1. The second-order valence-corrected chi connectivity index (χ2v) is 18.2. The number of Topliss-reactive ketones (excluding diaryl/α,β-unsaturated/α-hetero) is 1. The third-order valence-electron chi connectivity index (χ3n) is 15.9. The zero-order valence-corrected chi connectivity index (χ0v) is 30.4. The van der Waals surface area contributed by atoms with Crippen LogP contribution in [0, 0.1) is 56.7 Å². The Balaban J connectivity index is 1.24. The van der Waals surface area contributed by atoms with Gasteiger partial charge in [0, 0.05) is 24.8 Å². The first-order chi connectivity index (χ1) is 21.6. The van der Waals surface area contributed by atoms with E-state index in [1.165, 1.54) is 44.1 Å². The van der Waals surface area contributed by atoms with E-state index in [-0.39, 0.29) is 33.5 Å². The molecule has 0 aromatic carbocycles. The second kappa shape index (κ2) is 13.3. The van der Waals surface area contributed by atoms with Gasteiger partial charge < -0.3 is 10.4 Å². The molecule has 1 unspecified atom stereocenters. The van der Waals surface area contributed by atoms with Crippen molar-refractivity contribution in [2.45, 2.75) is 164 Å². The van der Waals surface area contributed by atoms with Crippen molar-refractivity contribution in [2.75, 3.05) is 6.54 Å². The number of ketones is 1. The van der Waals surface area contributed by atoms with E-state index in [2.05, 4.69) is 53.4 Å². The van der Waals surface area contributed by atoms with Gasteiger partial charge in [-0.25, -0.2) is 0 Å². The number of carboxylic acids is 1. The maximum absolute atomic E-state index is 14.3. The number of carboxylic acid groups (broad SMARTS) is 1. The quantitative estimate of drug-likeness (QED) is 0.156. The molecule has 2 N–H and O–H groups in total. The zero-order valence-electron chi connectivity index (χ0n) is 30.4. The lowest BCUT2D eigenvalue weighted by molar-refractivity contribution is -0.233. The summed E-state index contributed by atoms with van der Waals surface area (Å²) in [6.07, 6.45) is 19.8. The summed E-state index contributed by atoms with van der Waals surface area (Å²) in [7, 11) is 0. The minimum Gasteiger partial charge on any atom is -0.481 e. The zero-order chi connectivity index (χ0) is 33.5. The van der Waals surface area contributed by atoms with Crippen LogP contribution in [0.1, 0.15) is 164 Å². The van der Waals surface area contributed by atoms with E-state index in [0.29, 0.717) is 41.3 Å². The van der Waals surface area contributed by atoms with E-state index < -0.39 is 5.97 Å². The summed E-state index contributed by atoms with van der Waals surface area (Å²) < 4.78 is 0. The average molecular weight is 638 g/mol. The van der Waals surface area contributed by atoms with Gasteiger partial charge in [-0.05, 0) is 123 Å². The van der Waals surface area contributed by atoms with Gasteiger partial charge >= 0.3 is 5.97 Å². The van der Waals surface area contributed by atoms with Gasteiger partial charge in [0.2, 0.25) is 5.91 Å². The van der Waals surface area contributed by atoms with Crippen LogP contribution in [0.25, 0.3) is 0 Å². The van der Waals surface area contributed by atoms with Gasteiger partial charge in [0.25, 0.3) is 0 Å². The van der Waals surface area contributed by atoms with Crippen LogP contribution in [0.15, 0.2) is 12.2 Å². The van der Waals surface area contributed by atoms with Crippen molar-refractivity contribution in [2.24, 2.45) is 56.7 Å². The van der Waals surface area contributed by atoms with E-state index in [1.54, 1.807) is 0 Å². The van der Waals surface area contributed by atoms with Gasteiger partial charge in [0.05, 0.1) is 5.41 Å². The van der Waals surface area contributed by atoms with Gasteiger partial charge in [-0.15, -0.1) is 0 Å². The van der Waals surface area contributed by atoms with Gasteiger partial charge in [-0.3, -0.25) is 14.4 Å². The minimum atomic E-state index is -0.690. The minimum absolute atomic E-state index is 0.204. The molecule has 5 aliphatic carbocycles. The van der Waals surface area contributed by atoms with Gasteiger partial charge in [-0.1, -0.05) is 85.3 Å². The SMILES string of the molecule is C=C(C)[C@@H]1CC[C@]2(C(=O)NCCCCCCCCCCC(=O)O)CC[C@]3(C)[C@H](CCC4[C@@]5(C)CCC(=O)C(C)(C)[C@@H]5CC[C@]43C)[C@@H]12. The summed E-state index contributed by atoms with van der Waals surface area (Å²) in [5.74, 6) is 2.61. The molecule has 0 heterocycles. The summed E-state index contributed by atoms with van der Waals surface area (Å²) in [6.45, 7) is 19.8. The number of unbranched alkanes of at least 4 members (excludes halogenated alkanes) is 7. The molecule has 260 valence electrons. The first kappa shape index (κ1) is 35.7. The fraction of sp³-hybridized carbons (Fsp3) is 0.878. The number of hydrogen-bond donors (Lipinski definition) is 2. The van der Waals surface area contributed by atoms with Crippen LogP contribution in [0.2, 0.25) is 0 Å². The largest absolute Gasteiger partial charge is 0.481 e. The molecular weight excluding hydrogens is 570 g/mol. The number of aliphatic carboxylic acids is 1. The van der Waals surface area contributed by atoms with Crippen molar-refractivity contribution < 1.29 is 19.5 Å². The number of rotatable bonds is 13. The molecule has 0 aromatic rings. The Labute approximate surface area is 280 Å². The molecule has 5 rings (SSSR count). The highest BCUT2D eigenvalue weighted by Gasteiger charge is 2.71. The third kappa shape index (κ3) is 5.84. The average Bonchev–Trinajstić information content (AvgIpc) is 3.39. The van der Waals surface area contributed by atoms with E-state index in [9.17, 15) is 14.4 Å². The molecular formula is C41H67NO4. The Morgan fingerprint density at radius 1 is 0.783 bits per heavy atom. The maximum Gasteiger partial charge on any atom is 0.303 e. The Morgan fingerprint density at radius 2 is 1.43 bits per heavy atom. The lowest BCUT2D eigenvalue weighted by atomic mass is 9.32. The number of hydrogen-bond acceptors (Lipinski definition) is 3. The number of nitrogens with one attached hydrogen (secondary N) is 1. The fourth-order valence-corrected chi connectivity index (χ4v) is 13.2. The van der Waals surface area contributed by atoms with E-state index >= 15 is 0 Å². The van der Waals surface area contributed by atoms with Crippen LogP contribution in [0.3, 0.4) is 0 Å².